The lowest BCUT2D eigenvalue weighted by Gasteiger charge is -2.12. The predicted octanol–water partition coefficient (Wildman–Crippen LogP) is 4.46. The van der Waals surface area contributed by atoms with Gasteiger partial charge in [0.15, 0.2) is 5.11 Å². The van der Waals surface area contributed by atoms with E-state index in [-0.39, 0.29) is 10.7 Å². The number of nitrogens with zero attached hydrogens (tertiary/aromatic N) is 1. The molecule has 0 bridgehead atoms. The van der Waals surface area contributed by atoms with Crippen molar-refractivity contribution in [3.05, 3.63) is 57.6 Å². The molecule has 0 heterocycles. The van der Waals surface area contributed by atoms with Crippen LogP contribution in [0.3, 0.4) is 0 Å². The number of non-ortho nitro benzene ring substituents is 1. The lowest BCUT2D eigenvalue weighted by molar-refractivity contribution is -0.384. The highest BCUT2D eigenvalue weighted by Crippen LogP contribution is 2.26. The number of nitrogens with one attached hydrogen (secondary N) is 2. The zero-order valence-electron chi connectivity index (χ0n) is 12.2. The smallest absolute Gasteiger partial charge is 0.271 e. The number of benzene rings is 2. The largest absolute Gasteiger partial charge is 0.494 e. The van der Waals surface area contributed by atoms with Gasteiger partial charge in [-0.05, 0) is 49.5 Å². The highest BCUT2D eigenvalue weighted by molar-refractivity contribution is 7.80. The molecule has 2 N–H and O–H groups in total. The normalized spacial score (nSPS) is 10.0. The van der Waals surface area contributed by atoms with Crippen molar-refractivity contribution in [2.45, 2.75) is 6.92 Å². The van der Waals surface area contributed by atoms with Gasteiger partial charge in [0, 0.05) is 17.8 Å². The van der Waals surface area contributed by atoms with Gasteiger partial charge < -0.3 is 15.4 Å². The fraction of sp³-hybridized carbons (Fsp3) is 0.133. The first-order chi connectivity index (χ1) is 11.0. The molecule has 8 heteroatoms. The molecule has 0 aliphatic heterocycles. The third kappa shape index (κ3) is 4.80. The number of thiocarbonyl (C=S) groups is 1. The summed E-state index contributed by atoms with van der Waals surface area (Å²) >= 11 is 11.2. The standard InChI is InChI=1S/C15H14ClN3O3S/c1-2-22-12-6-3-10(4-7-12)17-15(23)18-14-8-5-11(19(20)21)9-13(14)16/h3-9H,2H2,1H3,(H2,17,18,23). The molecule has 0 atom stereocenters. The van der Waals surface area contributed by atoms with Crippen molar-refractivity contribution in [1.82, 2.24) is 0 Å². The minimum Gasteiger partial charge on any atom is -0.494 e. The Morgan fingerprint density at radius 3 is 2.52 bits per heavy atom. The molecule has 0 aliphatic carbocycles. The van der Waals surface area contributed by atoms with Crippen molar-refractivity contribution >= 4 is 46.0 Å². The average Bonchev–Trinajstić information content (AvgIpc) is 2.51. The number of hydrogen-bond donors (Lipinski definition) is 2. The average molecular weight is 352 g/mol. The molecule has 0 radical (unpaired) electrons. The second-order valence-electron chi connectivity index (χ2n) is 4.46. The van der Waals surface area contributed by atoms with Crippen molar-refractivity contribution < 1.29 is 9.66 Å². The van der Waals surface area contributed by atoms with Gasteiger partial charge in [-0.1, -0.05) is 11.6 Å². The monoisotopic (exact) mass is 351 g/mol. The number of nitro groups is 1. The van der Waals surface area contributed by atoms with Gasteiger partial charge in [-0.15, -0.1) is 0 Å². The first kappa shape index (κ1) is 17.0. The maximum absolute atomic E-state index is 10.7. The van der Waals surface area contributed by atoms with Gasteiger partial charge in [0.05, 0.1) is 22.2 Å². The van der Waals surface area contributed by atoms with Crippen LogP contribution in [0.2, 0.25) is 5.02 Å². The van der Waals surface area contributed by atoms with Crippen LogP contribution in [0, 0.1) is 10.1 Å². The molecule has 2 aromatic rings. The zero-order chi connectivity index (χ0) is 16.8. The molecule has 0 aliphatic rings. The Morgan fingerprint density at radius 2 is 1.96 bits per heavy atom. The van der Waals surface area contributed by atoms with Crippen LogP contribution in [0.25, 0.3) is 0 Å². The summed E-state index contributed by atoms with van der Waals surface area (Å²) in [6.45, 7) is 2.52. The number of anilines is 2. The first-order valence-corrected chi connectivity index (χ1v) is 7.53. The Kier molecular flexibility index (Phi) is 5.72. The van der Waals surface area contributed by atoms with E-state index in [0.717, 1.165) is 11.4 Å². The molecular formula is C15H14ClN3O3S. The van der Waals surface area contributed by atoms with Gasteiger partial charge in [-0.2, -0.15) is 0 Å². The maximum Gasteiger partial charge on any atom is 0.271 e. The molecule has 23 heavy (non-hydrogen) atoms. The van der Waals surface area contributed by atoms with Crippen LogP contribution < -0.4 is 15.4 Å². The van der Waals surface area contributed by atoms with Crippen LogP contribution in [0.4, 0.5) is 17.1 Å². The summed E-state index contributed by atoms with van der Waals surface area (Å²) < 4.78 is 5.36. The number of hydrogen-bond acceptors (Lipinski definition) is 4. The summed E-state index contributed by atoms with van der Waals surface area (Å²) in [5, 5.41) is 17.1. The van der Waals surface area contributed by atoms with Crippen LogP contribution in [0.15, 0.2) is 42.5 Å². The third-order valence-electron chi connectivity index (χ3n) is 2.83. The van der Waals surface area contributed by atoms with Crippen molar-refractivity contribution in [1.29, 1.82) is 0 Å². The third-order valence-corrected chi connectivity index (χ3v) is 3.35. The molecule has 0 saturated heterocycles. The van der Waals surface area contributed by atoms with E-state index in [0.29, 0.717) is 17.4 Å². The van der Waals surface area contributed by atoms with E-state index in [9.17, 15) is 10.1 Å². The number of ether oxygens (including phenoxy) is 1. The molecule has 0 saturated carbocycles. The second kappa shape index (κ2) is 7.75. The molecular weight excluding hydrogens is 338 g/mol. The SMILES string of the molecule is CCOc1ccc(NC(=S)Nc2ccc([N+](=O)[O-])cc2Cl)cc1. The number of rotatable bonds is 5. The molecule has 120 valence electrons. The van der Waals surface area contributed by atoms with Crippen LogP contribution in [0.5, 0.6) is 5.75 Å². The Labute approximate surface area is 143 Å². The van der Waals surface area contributed by atoms with Gasteiger partial charge in [0.1, 0.15) is 5.75 Å². The van der Waals surface area contributed by atoms with Gasteiger partial charge in [0.25, 0.3) is 5.69 Å². The fourth-order valence-corrected chi connectivity index (χ4v) is 2.25. The molecule has 0 spiro atoms. The van der Waals surface area contributed by atoms with Gasteiger partial charge in [-0.25, -0.2) is 0 Å². The van der Waals surface area contributed by atoms with Crippen LogP contribution in [0.1, 0.15) is 6.92 Å². The van der Waals surface area contributed by atoms with E-state index < -0.39 is 4.92 Å². The van der Waals surface area contributed by atoms with Gasteiger partial charge in [0.2, 0.25) is 0 Å². The Morgan fingerprint density at radius 1 is 1.26 bits per heavy atom. The summed E-state index contributed by atoms with van der Waals surface area (Å²) in [5.74, 6) is 0.773. The molecule has 0 unspecified atom stereocenters. The van der Waals surface area contributed by atoms with E-state index in [2.05, 4.69) is 10.6 Å². The van der Waals surface area contributed by atoms with Crippen molar-refractivity contribution in [3.63, 3.8) is 0 Å². The summed E-state index contributed by atoms with van der Waals surface area (Å²) in [6, 6.07) is 11.4. The minimum atomic E-state index is -0.508. The predicted molar refractivity (Wildman–Crippen MR) is 95.6 cm³/mol. The lowest BCUT2D eigenvalue weighted by Crippen LogP contribution is -2.19. The Balaban J connectivity index is 2.00. The van der Waals surface area contributed by atoms with Gasteiger partial charge in [-0.3, -0.25) is 10.1 Å². The molecule has 2 rings (SSSR count). The summed E-state index contributed by atoms with van der Waals surface area (Å²) in [6.07, 6.45) is 0. The fourth-order valence-electron chi connectivity index (χ4n) is 1.80. The van der Waals surface area contributed by atoms with E-state index >= 15 is 0 Å². The van der Waals surface area contributed by atoms with Crippen LogP contribution >= 0.6 is 23.8 Å². The Bertz CT molecular complexity index is 722. The molecule has 0 amide bonds. The summed E-state index contributed by atoms with van der Waals surface area (Å²) in [7, 11) is 0. The van der Waals surface area contributed by atoms with E-state index in [1.807, 2.05) is 31.2 Å². The molecule has 2 aromatic carbocycles. The van der Waals surface area contributed by atoms with Crippen molar-refractivity contribution in [3.8, 4) is 5.75 Å². The topological polar surface area (TPSA) is 76.4 Å². The van der Waals surface area contributed by atoms with E-state index in [4.69, 9.17) is 28.6 Å². The molecule has 0 fully saturated rings. The van der Waals surface area contributed by atoms with E-state index in [1.54, 1.807) is 0 Å². The van der Waals surface area contributed by atoms with Gasteiger partial charge >= 0.3 is 0 Å². The molecule has 0 aromatic heterocycles. The van der Waals surface area contributed by atoms with Crippen molar-refractivity contribution in [2.75, 3.05) is 17.2 Å². The van der Waals surface area contributed by atoms with Crippen molar-refractivity contribution in [2.24, 2.45) is 0 Å². The quantitative estimate of drug-likeness (QED) is 0.470. The number of halogens is 1. The number of nitro benzene ring substituents is 1. The lowest BCUT2D eigenvalue weighted by atomic mass is 10.3. The first-order valence-electron chi connectivity index (χ1n) is 6.74. The Hall–Kier alpha value is -2.38. The van der Waals surface area contributed by atoms with Crippen LogP contribution in [-0.2, 0) is 0 Å². The maximum atomic E-state index is 10.7. The van der Waals surface area contributed by atoms with Crippen LogP contribution in [-0.4, -0.2) is 16.6 Å². The zero-order valence-corrected chi connectivity index (χ0v) is 13.8. The molecule has 6 nitrogen and oxygen atoms in total. The summed E-state index contributed by atoms with van der Waals surface area (Å²) in [4.78, 5) is 10.2. The second-order valence-corrected chi connectivity index (χ2v) is 5.27. The highest BCUT2D eigenvalue weighted by Gasteiger charge is 2.10. The summed E-state index contributed by atoms with van der Waals surface area (Å²) in [5.41, 5.74) is 1.19. The highest BCUT2D eigenvalue weighted by atomic mass is 35.5. The minimum absolute atomic E-state index is 0.0778. The van der Waals surface area contributed by atoms with E-state index in [1.165, 1.54) is 18.2 Å².